The van der Waals surface area contributed by atoms with Crippen LogP contribution in [0, 0.1) is 0 Å². The van der Waals surface area contributed by atoms with Crippen molar-refractivity contribution < 1.29 is 17.9 Å². The molecule has 21 heavy (non-hydrogen) atoms. The molecular formula is C14H20N2O4S. The Morgan fingerprint density at radius 2 is 2.19 bits per heavy atom. The predicted molar refractivity (Wildman–Crippen MR) is 78.8 cm³/mol. The average molecular weight is 312 g/mol. The third-order valence-electron chi connectivity index (χ3n) is 3.27. The summed E-state index contributed by atoms with van der Waals surface area (Å²) in [6, 6.07) is 6.28. The van der Waals surface area contributed by atoms with Crippen molar-refractivity contribution in [1.82, 2.24) is 5.32 Å². The van der Waals surface area contributed by atoms with Crippen molar-refractivity contribution in [3.05, 3.63) is 24.3 Å². The fourth-order valence-corrected chi connectivity index (χ4v) is 2.59. The Bertz CT molecular complexity index is 611. The number of ether oxygens (including phenoxy) is 1. The van der Waals surface area contributed by atoms with Crippen LogP contribution in [0.5, 0.6) is 5.75 Å². The quantitative estimate of drug-likeness (QED) is 0.727. The summed E-state index contributed by atoms with van der Waals surface area (Å²) < 4.78 is 28.4. The number of hydrogen-bond acceptors (Lipinski definition) is 5. The largest absolute Gasteiger partial charge is 0.493 e. The van der Waals surface area contributed by atoms with E-state index >= 15 is 0 Å². The highest BCUT2D eigenvalue weighted by molar-refractivity contribution is 7.90. The lowest BCUT2D eigenvalue weighted by Gasteiger charge is -2.15. The van der Waals surface area contributed by atoms with Crippen LogP contribution in [0.1, 0.15) is 19.3 Å². The lowest BCUT2D eigenvalue weighted by Crippen LogP contribution is -2.43. The number of carbonyl (C=O) groups excluding carboxylic acids is 1. The molecule has 1 aliphatic carbocycles. The van der Waals surface area contributed by atoms with E-state index in [2.05, 4.69) is 5.32 Å². The third kappa shape index (κ3) is 5.02. The highest BCUT2D eigenvalue weighted by atomic mass is 32.2. The maximum Gasteiger partial charge on any atom is 0.234 e. The van der Waals surface area contributed by atoms with E-state index in [1.807, 2.05) is 0 Å². The van der Waals surface area contributed by atoms with Gasteiger partial charge in [-0.15, -0.1) is 0 Å². The van der Waals surface area contributed by atoms with Gasteiger partial charge in [-0.05, 0) is 31.0 Å². The molecule has 0 bridgehead atoms. The maximum absolute atomic E-state index is 11.5. The van der Waals surface area contributed by atoms with Crippen LogP contribution < -0.4 is 15.8 Å². The van der Waals surface area contributed by atoms with Gasteiger partial charge in [0.1, 0.15) is 5.75 Å². The van der Waals surface area contributed by atoms with Crippen molar-refractivity contribution in [2.75, 3.05) is 12.9 Å². The smallest absolute Gasteiger partial charge is 0.234 e. The van der Waals surface area contributed by atoms with Gasteiger partial charge in [0.15, 0.2) is 9.84 Å². The number of benzene rings is 1. The SMILES string of the molecule is CS(=O)(=O)c1cccc(OCCC(NC2CC2)C(N)=O)c1. The lowest BCUT2D eigenvalue weighted by molar-refractivity contribution is -0.120. The van der Waals surface area contributed by atoms with Crippen LogP contribution >= 0.6 is 0 Å². The number of rotatable bonds is 8. The number of primary amides is 1. The summed E-state index contributed by atoms with van der Waals surface area (Å²) in [7, 11) is -3.25. The van der Waals surface area contributed by atoms with E-state index in [9.17, 15) is 13.2 Å². The summed E-state index contributed by atoms with van der Waals surface area (Å²) in [4.78, 5) is 11.5. The Morgan fingerprint density at radius 1 is 1.48 bits per heavy atom. The molecule has 1 amide bonds. The van der Waals surface area contributed by atoms with Crippen molar-refractivity contribution in [2.24, 2.45) is 5.73 Å². The van der Waals surface area contributed by atoms with Gasteiger partial charge in [-0.3, -0.25) is 4.79 Å². The number of nitrogens with two attached hydrogens (primary N) is 1. The van der Waals surface area contributed by atoms with Crippen LogP contribution in [0.2, 0.25) is 0 Å². The van der Waals surface area contributed by atoms with Gasteiger partial charge in [0.2, 0.25) is 5.91 Å². The lowest BCUT2D eigenvalue weighted by atomic mass is 10.2. The molecule has 1 aromatic carbocycles. The van der Waals surface area contributed by atoms with Crippen molar-refractivity contribution >= 4 is 15.7 Å². The zero-order chi connectivity index (χ0) is 15.5. The highest BCUT2D eigenvalue weighted by Gasteiger charge is 2.27. The molecular weight excluding hydrogens is 292 g/mol. The van der Waals surface area contributed by atoms with Gasteiger partial charge < -0.3 is 15.8 Å². The molecule has 1 fully saturated rings. The van der Waals surface area contributed by atoms with Crippen LogP contribution in [0.15, 0.2) is 29.2 Å². The first kappa shape index (κ1) is 15.8. The first-order valence-corrected chi connectivity index (χ1v) is 8.73. The molecule has 0 radical (unpaired) electrons. The van der Waals surface area contributed by atoms with Crippen LogP contribution in [-0.2, 0) is 14.6 Å². The van der Waals surface area contributed by atoms with Gasteiger partial charge in [0.05, 0.1) is 17.5 Å². The summed E-state index contributed by atoms with van der Waals surface area (Å²) >= 11 is 0. The fourth-order valence-electron chi connectivity index (χ4n) is 1.93. The zero-order valence-corrected chi connectivity index (χ0v) is 12.7. The minimum absolute atomic E-state index is 0.211. The van der Waals surface area contributed by atoms with Crippen molar-refractivity contribution in [1.29, 1.82) is 0 Å². The number of amides is 1. The fraction of sp³-hybridized carbons (Fsp3) is 0.500. The zero-order valence-electron chi connectivity index (χ0n) is 11.9. The molecule has 0 saturated heterocycles. The van der Waals surface area contributed by atoms with Crippen molar-refractivity contribution in [3.8, 4) is 5.75 Å². The van der Waals surface area contributed by atoms with Crippen LogP contribution in [0.25, 0.3) is 0 Å². The number of hydrogen-bond donors (Lipinski definition) is 2. The summed E-state index contributed by atoms with van der Waals surface area (Å²) in [5, 5.41) is 3.16. The van der Waals surface area contributed by atoms with Gasteiger partial charge in [0, 0.05) is 18.7 Å². The first-order chi connectivity index (χ1) is 9.86. The number of nitrogens with one attached hydrogen (secondary N) is 1. The molecule has 7 heteroatoms. The second kappa shape index (κ2) is 6.44. The second-order valence-corrected chi connectivity index (χ2v) is 7.30. The molecule has 6 nitrogen and oxygen atoms in total. The van der Waals surface area contributed by atoms with Gasteiger partial charge in [0.25, 0.3) is 0 Å². The number of sulfone groups is 1. The van der Waals surface area contributed by atoms with E-state index in [0.717, 1.165) is 19.1 Å². The molecule has 0 aromatic heterocycles. The molecule has 0 aliphatic heterocycles. The summed E-state index contributed by atoms with van der Waals surface area (Å²) in [6.45, 7) is 0.292. The highest BCUT2D eigenvalue weighted by Crippen LogP contribution is 2.20. The molecule has 0 spiro atoms. The molecule has 1 saturated carbocycles. The van der Waals surface area contributed by atoms with E-state index in [1.54, 1.807) is 12.1 Å². The third-order valence-corrected chi connectivity index (χ3v) is 4.38. The number of carbonyl (C=O) groups is 1. The van der Waals surface area contributed by atoms with Gasteiger partial charge in [-0.1, -0.05) is 6.07 Å². The summed E-state index contributed by atoms with van der Waals surface area (Å²) in [6.07, 6.45) is 3.74. The van der Waals surface area contributed by atoms with Crippen LogP contribution in [0.3, 0.4) is 0 Å². The van der Waals surface area contributed by atoms with Gasteiger partial charge in [-0.25, -0.2) is 8.42 Å². The van der Waals surface area contributed by atoms with E-state index in [-0.39, 0.29) is 4.90 Å². The minimum atomic E-state index is -3.25. The Labute approximate surface area is 124 Å². The topological polar surface area (TPSA) is 98.5 Å². The van der Waals surface area contributed by atoms with Crippen LogP contribution in [0.4, 0.5) is 0 Å². The van der Waals surface area contributed by atoms with E-state index in [1.165, 1.54) is 12.1 Å². The van der Waals surface area contributed by atoms with Crippen molar-refractivity contribution in [2.45, 2.75) is 36.2 Å². The first-order valence-electron chi connectivity index (χ1n) is 6.84. The van der Waals surface area contributed by atoms with Gasteiger partial charge in [-0.2, -0.15) is 0 Å². The molecule has 1 aliphatic rings. The Hall–Kier alpha value is -1.60. The average Bonchev–Trinajstić information content (AvgIpc) is 3.21. The van der Waals surface area contributed by atoms with Crippen molar-refractivity contribution in [3.63, 3.8) is 0 Å². The maximum atomic E-state index is 11.5. The van der Waals surface area contributed by atoms with Crippen LogP contribution in [-0.4, -0.2) is 39.3 Å². The minimum Gasteiger partial charge on any atom is -0.493 e. The molecule has 0 heterocycles. The Morgan fingerprint density at radius 3 is 2.76 bits per heavy atom. The molecule has 1 atom stereocenters. The molecule has 3 N–H and O–H groups in total. The monoisotopic (exact) mass is 312 g/mol. The summed E-state index contributed by atoms with van der Waals surface area (Å²) in [5.74, 6) is 0.0722. The second-order valence-electron chi connectivity index (χ2n) is 5.28. The molecule has 1 aromatic rings. The molecule has 1 unspecified atom stereocenters. The standard InChI is InChI=1S/C14H20N2O4S/c1-21(18,19)12-4-2-3-11(9-12)20-8-7-13(14(15)17)16-10-5-6-10/h2-4,9-10,13,16H,5-8H2,1H3,(H2,15,17). The van der Waals surface area contributed by atoms with Gasteiger partial charge >= 0.3 is 0 Å². The normalized spacial score (nSPS) is 16.4. The van der Waals surface area contributed by atoms with E-state index in [4.69, 9.17) is 10.5 Å². The van der Waals surface area contributed by atoms with E-state index in [0.29, 0.717) is 24.8 Å². The Kier molecular flexibility index (Phi) is 4.84. The Balaban J connectivity index is 1.88. The predicted octanol–water partition coefficient (Wildman–Crippen LogP) is 0.465. The summed E-state index contributed by atoms with van der Waals surface area (Å²) in [5.41, 5.74) is 5.34. The van der Waals surface area contributed by atoms with E-state index < -0.39 is 21.8 Å². The molecule has 116 valence electrons. The molecule has 2 rings (SSSR count).